The van der Waals surface area contributed by atoms with Crippen LogP contribution in [-0.2, 0) is 13.0 Å². The third-order valence-electron chi connectivity index (χ3n) is 6.36. The Morgan fingerprint density at radius 3 is 2.77 bits per heavy atom. The predicted octanol–water partition coefficient (Wildman–Crippen LogP) is 3.27. The van der Waals surface area contributed by atoms with Crippen LogP contribution in [0.25, 0.3) is 22.2 Å². The van der Waals surface area contributed by atoms with Crippen molar-refractivity contribution >= 4 is 16.7 Å². The minimum Gasteiger partial charge on any atom is -0.470 e. The summed E-state index contributed by atoms with van der Waals surface area (Å²) in [4.78, 5) is 31.9. The van der Waals surface area contributed by atoms with Crippen LogP contribution >= 0.6 is 0 Å². The topological polar surface area (TPSA) is 86.0 Å². The summed E-state index contributed by atoms with van der Waals surface area (Å²) in [5.41, 5.74) is 0.300. The number of benzene rings is 1. The largest absolute Gasteiger partial charge is 0.470 e. The van der Waals surface area contributed by atoms with Gasteiger partial charge in [-0.1, -0.05) is 0 Å². The number of halogens is 3. The average molecular weight is 480 g/mol. The van der Waals surface area contributed by atoms with Crippen molar-refractivity contribution in [2.75, 3.05) is 18.0 Å². The van der Waals surface area contributed by atoms with Crippen LogP contribution in [0.5, 0.6) is 5.88 Å². The summed E-state index contributed by atoms with van der Waals surface area (Å²) in [5, 5.41) is 0.311. The lowest BCUT2D eigenvalue weighted by Gasteiger charge is -2.20. The zero-order chi connectivity index (χ0) is 24.1. The van der Waals surface area contributed by atoms with Crippen LogP contribution < -0.4 is 15.2 Å². The highest BCUT2D eigenvalue weighted by atomic mass is 19.1. The number of pyridine rings is 1. The Balaban J connectivity index is 1.44. The molecule has 0 radical (unpaired) electrons. The van der Waals surface area contributed by atoms with Gasteiger partial charge in [-0.25, -0.2) is 23.7 Å². The molecule has 1 fully saturated rings. The van der Waals surface area contributed by atoms with Gasteiger partial charge in [0.15, 0.2) is 0 Å². The standard InChI is InChI=1S/C24H19F3N6O2/c25-13-3-4-15(17(26)8-13)21-22-16(24(34)33-6-1-2-19(33)30-22)9-20(31-21)32-7-5-14(11-32)35-23-18(27)10-28-12-29-23/h3-4,8-10,12,14H,1-2,5-7,11H2/t14-/m1/s1. The summed E-state index contributed by atoms with van der Waals surface area (Å²) in [6.07, 6.45) is 3.86. The first-order chi connectivity index (χ1) is 17.0. The summed E-state index contributed by atoms with van der Waals surface area (Å²) >= 11 is 0. The zero-order valence-corrected chi connectivity index (χ0v) is 18.4. The van der Waals surface area contributed by atoms with Crippen molar-refractivity contribution in [3.8, 4) is 17.1 Å². The van der Waals surface area contributed by atoms with Gasteiger partial charge in [-0.2, -0.15) is 9.37 Å². The molecule has 0 unspecified atom stereocenters. The molecule has 1 aromatic carbocycles. The summed E-state index contributed by atoms with van der Waals surface area (Å²) in [5.74, 6) is -1.23. The maximum Gasteiger partial charge on any atom is 0.261 e. The number of hydrogen-bond acceptors (Lipinski definition) is 7. The molecule has 0 saturated carbocycles. The van der Waals surface area contributed by atoms with E-state index in [2.05, 4.69) is 19.9 Å². The first kappa shape index (κ1) is 21.5. The molecule has 5 heterocycles. The molecule has 8 nitrogen and oxygen atoms in total. The third-order valence-corrected chi connectivity index (χ3v) is 6.36. The van der Waals surface area contributed by atoms with Crippen molar-refractivity contribution in [2.24, 2.45) is 0 Å². The fourth-order valence-electron chi connectivity index (χ4n) is 4.68. The smallest absolute Gasteiger partial charge is 0.261 e. The second-order valence-electron chi connectivity index (χ2n) is 8.59. The number of fused-ring (bicyclic) bond motifs is 2. The van der Waals surface area contributed by atoms with E-state index in [1.165, 1.54) is 12.4 Å². The van der Waals surface area contributed by atoms with E-state index in [9.17, 15) is 18.0 Å². The van der Waals surface area contributed by atoms with Gasteiger partial charge in [0.1, 0.15) is 46.9 Å². The number of nitrogens with zero attached hydrogens (tertiary/aromatic N) is 6. The number of rotatable bonds is 4. The Bertz CT molecular complexity index is 1530. The van der Waals surface area contributed by atoms with Gasteiger partial charge >= 0.3 is 0 Å². The molecule has 0 spiro atoms. The molecule has 1 saturated heterocycles. The van der Waals surface area contributed by atoms with Crippen LogP contribution in [0.4, 0.5) is 19.0 Å². The van der Waals surface area contributed by atoms with Crippen LogP contribution in [0, 0.1) is 17.5 Å². The zero-order valence-electron chi connectivity index (χ0n) is 18.4. The average Bonchev–Trinajstić information content (AvgIpc) is 3.51. The van der Waals surface area contributed by atoms with E-state index >= 15 is 0 Å². The highest BCUT2D eigenvalue weighted by molar-refractivity contribution is 5.93. The van der Waals surface area contributed by atoms with Crippen molar-refractivity contribution in [3.05, 3.63) is 70.4 Å². The monoisotopic (exact) mass is 480 g/mol. The molecule has 4 aromatic rings. The van der Waals surface area contributed by atoms with Crippen molar-refractivity contribution < 1.29 is 17.9 Å². The van der Waals surface area contributed by atoms with Crippen LogP contribution in [0.3, 0.4) is 0 Å². The van der Waals surface area contributed by atoms with Crippen LogP contribution in [-0.4, -0.2) is 43.7 Å². The molecule has 0 aliphatic carbocycles. The Labute approximate surface area is 197 Å². The molecule has 2 aliphatic rings. The lowest BCUT2D eigenvalue weighted by Crippen LogP contribution is -2.27. The molecule has 2 aliphatic heterocycles. The van der Waals surface area contributed by atoms with E-state index in [4.69, 9.17) is 4.74 Å². The fourth-order valence-corrected chi connectivity index (χ4v) is 4.68. The molecule has 0 bridgehead atoms. The lowest BCUT2D eigenvalue weighted by molar-refractivity contribution is 0.204. The Morgan fingerprint density at radius 1 is 1.06 bits per heavy atom. The normalized spacial score (nSPS) is 17.2. The van der Waals surface area contributed by atoms with Crippen LogP contribution in [0.1, 0.15) is 18.7 Å². The number of ether oxygens (including phenoxy) is 1. The number of aromatic nitrogens is 5. The Hall–Kier alpha value is -4.02. The Kier molecular flexibility index (Phi) is 5.12. The fraction of sp³-hybridized carbons (Fsp3) is 0.292. The molecule has 0 N–H and O–H groups in total. The van der Waals surface area contributed by atoms with E-state index < -0.39 is 17.5 Å². The van der Waals surface area contributed by atoms with E-state index in [0.717, 1.165) is 24.8 Å². The highest BCUT2D eigenvalue weighted by Gasteiger charge is 2.29. The number of hydrogen-bond donors (Lipinski definition) is 0. The van der Waals surface area contributed by atoms with Crippen LogP contribution in [0.2, 0.25) is 0 Å². The van der Waals surface area contributed by atoms with Gasteiger partial charge in [-0.3, -0.25) is 9.36 Å². The maximum absolute atomic E-state index is 14.8. The van der Waals surface area contributed by atoms with Gasteiger partial charge in [0.05, 0.1) is 18.1 Å². The van der Waals surface area contributed by atoms with E-state index in [1.54, 1.807) is 10.6 Å². The van der Waals surface area contributed by atoms with Gasteiger partial charge < -0.3 is 9.64 Å². The predicted molar refractivity (Wildman–Crippen MR) is 121 cm³/mol. The van der Waals surface area contributed by atoms with Gasteiger partial charge in [0.25, 0.3) is 11.4 Å². The van der Waals surface area contributed by atoms with Crippen molar-refractivity contribution in [1.29, 1.82) is 0 Å². The SMILES string of the molecule is O=c1c2cc(N3CC[C@@H](Oc4ncncc4F)C3)nc(-c3ccc(F)cc3F)c2nc2n1CCC2. The van der Waals surface area contributed by atoms with Crippen molar-refractivity contribution in [2.45, 2.75) is 31.9 Å². The third kappa shape index (κ3) is 3.76. The molecule has 0 amide bonds. The van der Waals surface area contributed by atoms with Gasteiger partial charge in [0.2, 0.25) is 5.82 Å². The molecule has 1 atom stereocenters. The maximum atomic E-state index is 14.8. The summed E-state index contributed by atoms with van der Waals surface area (Å²) in [7, 11) is 0. The van der Waals surface area contributed by atoms with Crippen LogP contribution in [0.15, 0.2) is 41.6 Å². The summed E-state index contributed by atoms with van der Waals surface area (Å²) in [6.45, 7) is 1.44. The van der Waals surface area contributed by atoms with E-state index in [1.807, 2.05) is 4.90 Å². The second kappa shape index (κ2) is 8.33. The first-order valence-corrected chi connectivity index (χ1v) is 11.2. The van der Waals surface area contributed by atoms with Crippen molar-refractivity contribution in [1.82, 2.24) is 24.5 Å². The van der Waals surface area contributed by atoms with E-state index in [-0.39, 0.29) is 34.3 Å². The molecule has 178 valence electrons. The van der Waals surface area contributed by atoms with Gasteiger partial charge in [-0.05, 0) is 24.6 Å². The minimum absolute atomic E-state index is 0.0585. The van der Waals surface area contributed by atoms with Gasteiger partial charge in [-0.15, -0.1) is 0 Å². The van der Waals surface area contributed by atoms with Crippen molar-refractivity contribution in [3.63, 3.8) is 0 Å². The molecular weight excluding hydrogens is 461 g/mol. The Morgan fingerprint density at radius 2 is 1.94 bits per heavy atom. The summed E-state index contributed by atoms with van der Waals surface area (Å²) in [6, 6.07) is 4.88. The number of anilines is 1. The quantitative estimate of drug-likeness (QED) is 0.443. The number of aryl methyl sites for hydroxylation is 1. The molecule has 35 heavy (non-hydrogen) atoms. The highest BCUT2D eigenvalue weighted by Crippen LogP contribution is 2.32. The second-order valence-corrected chi connectivity index (χ2v) is 8.59. The van der Waals surface area contributed by atoms with E-state index in [0.29, 0.717) is 49.5 Å². The first-order valence-electron chi connectivity index (χ1n) is 11.2. The lowest BCUT2D eigenvalue weighted by atomic mass is 10.1. The van der Waals surface area contributed by atoms with Gasteiger partial charge in [0, 0.05) is 37.6 Å². The minimum atomic E-state index is -0.791. The molecular formula is C24H19F3N6O2. The molecule has 11 heteroatoms. The molecule has 3 aromatic heterocycles. The molecule has 6 rings (SSSR count). The summed E-state index contributed by atoms with van der Waals surface area (Å²) < 4.78 is 49.7.